The maximum absolute atomic E-state index is 11.8. The molecule has 22 heavy (non-hydrogen) atoms. The molecule has 0 bridgehead atoms. The van der Waals surface area contributed by atoms with Gasteiger partial charge in [-0.3, -0.25) is 4.79 Å². The third-order valence-corrected chi connectivity index (χ3v) is 4.19. The van der Waals surface area contributed by atoms with Crippen LogP contribution in [0.15, 0.2) is 24.3 Å². The summed E-state index contributed by atoms with van der Waals surface area (Å²) in [6, 6.07) is 7.96. The maximum atomic E-state index is 11.8. The average Bonchev–Trinajstić information content (AvgIpc) is 3.06. The molecule has 0 saturated carbocycles. The highest BCUT2D eigenvalue weighted by atomic mass is 32.1. The third-order valence-electron chi connectivity index (χ3n) is 3.38. The summed E-state index contributed by atoms with van der Waals surface area (Å²) < 4.78 is 1.68. The van der Waals surface area contributed by atoms with Crippen LogP contribution < -0.4 is 5.32 Å². The van der Waals surface area contributed by atoms with Crippen LogP contribution in [0.2, 0.25) is 0 Å². The van der Waals surface area contributed by atoms with Crippen molar-refractivity contribution in [2.24, 2.45) is 0 Å². The van der Waals surface area contributed by atoms with E-state index in [1.807, 2.05) is 31.2 Å². The number of rotatable bonds is 5. The van der Waals surface area contributed by atoms with Gasteiger partial charge in [0.2, 0.25) is 16.0 Å². The Morgan fingerprint density at radius 1 is 1.32 bits per heavy atom. The number of carbonyl (C=O) groups is 1. The summed E-state index contributed by atoms with van der Waals surface area (Å²) in [6.45, 7) is 4.08. The quantitative estimate of drug-likeness (QED) is 0.784. The number of hydrogen-bond acceptors (Lipinski definition) is 5. The Labute approximate surface area is 132 Å². The zero-order chi connectivity index (χ0) is 15.5. The average molecular weight is 315 g/mol. The van der Waals surface area contributed by atoms with Crippen molar-refractivity contribution in [3.63, 3.8) is 0 Å². The largest absolute Gasteiger partial charge is 0.301 e. The van der Waals surface area contributed by atoms with Crippen molar-refractivity contribution in [3.8, 4) is 11.4 Å². The van der Waals surface area contributed by atoms with Gasteiger partial charge < -0.3 is 5.32 Å². The molecule has 0 spiro atoms. The Kier molecular flexibility index (Phi) is 4.15. The molecule has 0 aliphatic rings. The second-order valence-corrected chi connectivity index (χ2v) is 6.05. The highest BCUT2D eigenvalue weighted by Crippen LogP contribution is 2.26. The van der Waals surface area contributed by atoms with Crippen LogP contribution >= 0.6 is 11.3 Å². The van der Waals surface area contributed by atoms with E-state index in [-0.39, 0.29) is 5.91 Å². The van der Waals surface area contributed by atoms with Crippen molar-refractivity contribution < 1.29 is 4.79 Å². The molecule has 1 amide bonds. The molecule has 1 aromatic carbocycles. The van der Waals surface area contributed by atoms with E-state index in [0.717, 1.165) is 24.0 Å². The van der Waals surface area contributed by atoms with Crippen LogP contribution in [0.1, 0.15) is 31.7 Å². The van der Waals surface area contributed by atoms with Gasteiger partial charge >= 0.3 is 0 Å². The molecular weight excluding hydrogens is 298 g/mol. The first-order valence-electron chi connectivity index (χ1n) is 7.27. The summed E-state index contributed by atoms with van der Waals surface area (Å²) in [5, 5.41) is 16.1. The fraction of sp³-hybridized carbons (Fsp3) is 0.333. The van der Waals surface area contributed by atoms with E-state index in [2.05, 4.69) is 27.5 Å². The molecule has 1 N–H and O–H groups in total. The summed E-state index contributed by atoms with van der Waals surface area (Å²) in [7, 11) is 0. The van der Waals surface area contributed by atoms with Crippen LogP contribution in [0.4, 0.5) is 5.13 Å². The van der Waals surface area contributed by atoms with Gasteiger partial charge in [0.15, 0.2) is 5.82 Å². The van der Waals surface area contributed by atoms with E-state index in [4.69, 9.17) is 0 Å². The molecule has 3 rings (SSSR count). The van der Waals surface area contributed by atoms with Crippen LogP contribution in [0.25, 0.3) is 16.3 Å². The van der Waals surface area contributed by atoms with Crippen molar-refractivity contribution in [2.45, 2.75) is 33.1 Å². The van der Waals surface area contributed by atoms with Crippen molar-refractivity contribution >= 4 is 27.3 Å². The minimum atomic E-state index is -0.00995. The predicted octanol–water partition coefficient (Wildman–Crippen LogP) is 3.29. The fourth-order valence-electron chi connectivity index (χ4n) is 2.18. The number of benzene rings is 1. The fourth-order valence-corrected chi connectivity index (χ4v) is 2.93. The number of unbranched alkanes of at least 4 members (excludes halogenated alkanes) is 1. The first-order valence-corrected chi connectivity index (χ1v) is 8.08. The lowest BCUT2D eigenvalue weighted by Gasteiger charge is -2.01. The number of aromatic nitrogens is 4. The molecule has 0 aliphatic carbocycles. The molecule has 6 nitrogen and oxygen atoms in total. The molecule has 0 saturated heterocycles. The zero-order valence-corrected chi connectivity index (χ0v) is 13.4. The van der Waals surface area contributed by atoms with Gasteiger partial charge in [0.05, 0.1) is 0 Å². The van der Waals surface area contributed by atoms with Gasteiger partial charge in [0, 0.05) is 12.0 Å². The lowest BCUT2D eigenvalue weighted by Crippen LogP contribution is -2.11. The lowest BCUT2D eigenvalue weighted by molar-refractivity contribution is -0.116. The Morgan fingerprint density at radius 3 is 2.91 bits per heavy atom. The molecule has 0 atom stereocenters. The SMILES string of the molecule is CCCCC(=O)Nc1nn2c(-c3ccccc3C)nnc2s1. The number of fused-ring (bicyclic) bond motifs is 1. The van der Waals surface area contributed by atoms with Crippen molar-refractivity contribution in [3.05, 3.63) is 29.8 Å². The highest BCUT2D eigenvalue weighted by molar-refractivity contribution is 7.20. The molecule has 0 fully saturated rings. The Bertz CT molecular complexity index is 807. The predicted molar refractivity (Wildman–Crippen MR) is 87.0 cm³/mol. The minimum absolute atomic E-state index is 0.00995. The molecule has 0 aliphatic heterocycles. The van der Waals surface area contributed by atoms with Gasteiger partial charge in [0.1, 0.15) is 0 Å². The highest BCUT2D eigenvalue weighted by Gasteiger charge is 2.15. The lowest BCUT2D eigenvalue weighted by atomic mass is 10.1. The number of aryl methyl sites for hydroxylation is 1. The minimum Gasteiger partial charge on any atom is -0.301 e. The standard InChI is InChI=1S/C15H17N5OS/c1-3-4-9-12(21)16-14-19-20-13(17-18-15(20)22-14)11-8-6-5-7-10(11)2/h5-8H,3-4,9H2,1-2H3,(H,16,19,21). The van der Waals surface area contributed by atoms with Crippen molar-refractivity contribution in [1.29, 1.82) is 0 Å². The second-order valence-electron chi connectivity index (χ2n) is 5.09. The van der Waals surface area contributed by atoms with Crippen LogP contribution in [0, 0.1) is 6.92 Å². The van der Waals surface area contributed by atoms with Crippen LogP contribution in [0.3, 0.4) is 0 Å². The number of anilines is 1. The normalized spacial score (nSPS) is 11.0. The topological polar surface area (TPSA) is 72.2 Å². The smallest absolute Gasteiger partial charge is 0.236 e. The summed E-state index contributed by atoms with van der Waals surface area (Å²) in [4.78, 5) is 12.5. The van der Waals surface area contributed by atoms with Crippen LogP contribution in [-0.4, -0.2) is 25.7 Å². The Morgan fingerprint density at radius 2 is 2.14 bits per heavy atom. The van der Waals surface area contributed by atoms with E-state index in [1.54, 1.807) is 4.52 Å². The first-order chi connectivity index (χ1) is 10.7. The van der Waals surface area contributed by atoms with Gasteiger partial charge in [-0.15, -0.1) is 15.3 Å². The molecular formula is C15H17N5OS. The van der Waals surface area contributed by atoms with E-state index in [1.165, 1.54) is 11.3 Å². The van der Waals surface area contributed by atoms with Gasteiger partial charge in [0.25, 0.3) is 0 Å². The number of carbonyl (C=O) groups excluding carboxylic acids is 1. The van der Waals surface area contributed by atoms with Gasteiger partial charge in [-0.2, -0.15) is 4.52 Å². The summed E-state index contributed by atoms with van der Waals surface area (Å²) in [5.41, 5.74) is 2.10. The summed E-state index contributed by atoms with van der Waals surface area (Å²) in [5.74, 6) is 0.683. The van der Waals surface area contributed by atoms with E-state index < -0.39 is 0 Å². The first kappa shape index (κ1) is 14.6. The Hall–Kier alpha value is -2.28. The maximum Gasteiger partial charge on any atom is 0.236 e. The molecule has 0 unspecified atom stereocenters. The van der Waals surface area contributed by atoms with E-state index in [9.17, 15) is 4.79 Å². The monoisotopic (exact) mass is 315 g/mol. The molecule has 3 aromatic rings. The zero-order valence-electron chi connectivity index (χ0n) is 12.5. The van der Waals surface area contributed by atoms with Gasteiger partial charge in [-0.05, 0) is 18.9 Å². The van der Waals surface area contributed by atoms with Gasteiger partial charge in [-0.1, -0.05) is 48.9 Å². The molecule has 7 heteroatoms. The molecule has 2 aromatic heterocycles. The molecule has 0 radical (unpaired) electrons. The second kappa shape index (κ2) is 6.23. The summed E-state index contributed by atoms with van der Waals surface area (Å²) in [6.07, 6.45) is 2.39. The van der Waals surface area contributed by atoms with Crippen molar-refractivity contribution in [2.75, 3.05) is 5.32 Å². The molecule has 2 heterocycles. The number of nitrogens with one attached hydrogen (secondary N) is 1. The summed E-state index contributed by atoms with van der Waals surface area (Å²) >= 11 is 1.33. The number of nitrogens with zero attached hydrogens (tertiary/aromatic N) is 4. The molecule has 114 valence electrons. The third kappa shape index (κ3) is 2.85. The van der Waals surface area contributed by atoms with Gasteiger partial charge in [-0.25, -0.2) is 0 Å². The van der Waals surface area contributed by atoms with E-state index in [0.29, 0.717) is 22.3 Å². The Balaban J connectivity index is 1.89. The van der Waals surface area contributed by atoms with Crippen LogP contribution in [0.5, 0.6) is 0 Å². The number of hydrogen-bond donors (Lipinski definition) is 1. The number of amides is 1. The van der Waals surface area contributed by atoms with Crippen LogP contribution in [-0.2, 0) is 4.79 Å². The van der Waals surface area contributed by atoms with Crippen molar-refractivity contribution in [1.82, 2.24) is 19.8 Å². The van der Waals surface area contributed by atoms with E-state index >= 15 is 0 Å².